The summed E-state index contributed by atoms with van der Waals surface area (Å²) in [6, 6.07) is -0.540. The third-order valence-corrected chi connectivity index (χ3v) is 15.5. The molecule has 0 aliphatic rings. The van der Waals surface area contributed by atoms with Gasteiger partial charge in [-0.1, -0.05) is 327 Å². The largest absolute Gasteiger partial charge is 0.466 e. The maximum atomic E-state index is 12.5. The molecule has 0 aromatic heterocycles. The molecule has 0 spiro atoms. The van der Waals surface area contributed by atoms with Crippen LogP contribution < -0.4 is 5.32 Å². The molecule has 0 bridgehead atoms. The number of esters is 1. The highest BCUT2D eigenvalue weighted by molar-refractivity contribution is 5.76. The van der Waals surface area contributed by atoms with Gasteiger partial charge in [-0.15, -0.1) is 0 Å². The van der Waals surface area contributed by atoms with Gasteiger partial charge in [0.15, 0.2) is 0 Å². The van der Waals surface area contributed by atoms with Gasteiger partial charge in [-0.25, -0.2) is 0 Å². The summed E-state index contributed by atoms with van der Waals surface area (Å²) in [5.74, 6) is -0.0273. The number of carbonyl (C=O) groups is 2. The van der Waals surface area contributed by atoms with Crippen LogP contribution in [0.3, 0.4) is 0 Å². The first-order valence-electron chi connectivity index (χ1n) is 33.1. The highest BCUT2D eigenvalue weighted by Gasteiger charge is 2.20. The molecule has 0 saturated heterocycles. The molecule has 1 amide bonds. The molecule has 0 aromatic carbocycles. The van der Waals surface area contributed by atoms with E-state index in [9.17, 15) is 19.8 Å². The maximum Gasteiger partial charge on any atom is 0.305 e. The van der Waals surface area contributed by atoms with Crippen LogP contribution in [0.25, 0.3) is 0 Å². The zero-order valence-electron chi connectivity index (χ0n) is 49.4. The number of aliphatic hydroxyl groups excluding tert-OH is 2. The number of rotatable bonds is 62. The van der Waals surface area contributed by atoms with Crippen LogP contribution in [0.1, 0.15) is 367 Å². The Labute approximate surface area is 456 Å². The molecule has 6 heteroatoms. The molecule has 73 heavy (non-hydrogen) atoms. The lowest BCUT2D eigenvalue weighted by molar-refractivity contribution is -0.143. The van der Waals surface area contributed by atoms with Crippen LogP contribution in [-0.4, -0.2) is 47.4 Å². The van der Waals surface area contributed by atoms with Gasteiger partial charge >= 0.3 is 5.97 Å². The van der Waals surface area contributed by atoms with Gasteiger partial charge in [0.1, 0.15) is 0 Å². The van der Waals surface area contributed by atoms with Crippen molar-refractivity contribution in [1.29, 1.82) is 0 Å². The van der Waals surface area contributed by atoms with Crippen molar-refractivity contribution in [3.05, 3.63) is 24.3 Å². The molecular formula is C67H129NO5. The summed E-state index contributed by atoms with van der Waals surface area (Å²) in [7, 11) is 0. The molecule has 432 valence electrons. The molecule has 3 N–H and O–H groups in total. The molecule has 2 atom stereocenters. The lowest BCUT2D eigenvalue weighted by Crippen LogP contribution is -2.45. The van der Waals surface area contributed by atoms with Crippen LogP contribution in [0.4, 0.5) is 0 Å². The average molecular weight is 1030 g/mol. The fourth-order valence-corrected chi connectivity index (χ4v) is 10.4. The van der Waals surface area contributed by atoms with Gasteiger partial charge in [-0.2, -0.15) is 0 Å². The zero-order valence-corrected chi connectivity index (χ0v) is 49.4. The average Bonchev–Trinajstić information content (AvgIpc) is 3.39. The minimum absolute atomic E-state index is 0.00237. The second-order valence-corrected chi connectivity index (χ2v) is 22.8. The topological polar surface area (TPSA) is 95.9 Å². The Morgan fingerprint density at radius 1 is 0.384 bits per heavy atom. The maximum absolute atomic E-state index is 12.5. The molecule has 0 heterocycles. The van der Waals surface area contributed by atoms with E-state index in [-0.39, 0.29) is 18.5 Å². The number of hydrogen-bond acceptors (Lipinski definition) is 5. The number of ether oxygens (including phenoxy) is 1. The summed E-state index contributed by atoms with van der Waals surface area (Å²) in [5, 5.41) is 23.4. The first-order chi connectivity index (χ1) is 36.0. The van der Waals surface area contributed by atoms with E-state index in [1.807, 2.05) is 0 Å². The van der Waals surface area contributed by atoms with E-state index in [1.165, 1.54) is 283 Å². The predicted molar refractivity (Wildman–Crippen MR) is 320 cm³/mol. The van der Waals surface area contributed by atoms with Crippen LogP contribution >= 0.6 is 0 Å². The number of hydrogen-bond donors (Lipinski definition) is 3. The Kier molecular flexibility index (Phi) is 61.4. The van der Waals surface area contributed by atoms with Gasteiger partial charge in [-0.3, -0.25) is 9.59 Å². The summed E-state index contributed by atoms with van der Waals surface area (Å²) in [6.45, 7) is 4.91. The fourth-order valence-electron chi connectivity index (χ4n) is 10.4. The van der Waals surface area contributed by atoms with Gasteiger partial charge in [0.25, 0.3) is 0 Å². The van der Waals surface area contributed by atoms with Crippen LogP contribution in [0.2, 0.25) is 0 Å². The lowest BCUT2D eigenvalue weighted by Gasteiger charge is -2.22. The first kappa shape index (κ1) is 71.3. The summed E-state index contributed by atoms with van der Waals surface area (Å²) in [4.78, 5) is 24.5. The van der Waals surface area contributed by atoms with E-state index in [2.05, 4.69) is 43.5 Å². The van der Waals surface area contributed by atoms with E-state index in [1.54, 1.807) is 0 Å². The molecule has 0 radical (unpaired) electrons. The van der Waals surface area contributed by atoms with Gasteiger partial charge in [-0.05, 0) is 51.4 Å². The van der Waals surface area contributed by atoms with Gasteiger partial charge in [0, 0.05) is 12.8 Å². The van der Waals surface area contributed by atoms with Gasteiger partial charge < -0.3 is 20.3 Å². The molecular weight excluding hydrogens is 899 g/mol. The Hall–Kier alpha value is -1.66. The van der Waals surface area contributed by atoms with E-state index in [0.29, 0.717) is 25.9 Å². The number of nitrogens with one attached hydrogen (secondary N) is 1. The van der Waals surface area contributed by atoms with Crippen molar-refractivity contribution < 1.29 is 24.5 Å². The van der Waals surface area contributed by atoms with Crippen LogP contribution in [0.5, 0.6) is 0 Å². The summed E-state index contributed by atoms with van der Waals surface area (Å²) in [6.07, 6.45) is 77.8. The quantitative estimate of drug-likeness (QED) is 0.0320. The van der Waals surface area contributed by atoms with E-state index in [0.717, 1.165) is 51.4 Å². The molecule has 0 fully saturated rings. The summed E-state index contributed by atoms with van der Waals surface area (Å²) < 4.78 is 5.47. The number of unbranched alkanes of at least 4 members (excludes halogenated alkanes) is 47. The van der Waals surface area contributed by atoms with Crippen LogP contribution in [0.15, 0.2) is 24.3 Å². The van der Waals surface area contributed by atoms with Crippen LogP contribution in [0, 0.1) is 0 Å². The van der Waals surface area contributed by atoms with Crippen LogP contribution in [-0.2, 0) is 14.3 Å². The molecule has 0 saturated carbocycles. The highest BCUT2D eigenvalue weighted by Crippen LogP contribution is 2.19. The highest BCUT2D eigenvalue weighted by atomic mass is 16.5. The van der Waals surface area contributed by atoms with Gasteiger partial charge in [0.05, 0.1) is 25.4 Å². The van der Waals surface area contributed by atoms with Crippen molar-refractivity contribution in [3.8, 4) is 0 Å². The van der Waals surface area contributed by atoms with E-state index < -0.39 is 12.1 Å². The first-order valence-corrected chi connectivity index (χ1v) is 33.1. The third kappa shape index (κ3) is 59.4. The van der Waals surface area contributed by atoms with Crippen molar-refractivity contribution in [2.24, 2.45) is 0 Å². The van der Waals surface area contributed by atoms with Crippen molar-refractivity contribution in [3.63, 3.8) is 0 Å². The molecule has 0 aliphatic heterocycles. The molecule has 0 rings (SSSR count). The van der Waals surface area contributed by atoms with Crippen molar-refractivity contribution in [2.75, 3.05) is 13.2 Å². The lowest BCUT2D eigenvalue weighted by atomic mass is 10.0. The molecule has 0 aliphatic carbocycles. The Morgan fingerprint density at radius 3 is 1.10 bits per heavy atom. The Balaban J connectivity index is 3.35. The standard InChI is InChI=1S/C67H129NO5/c1-3-5-7-9-11-13-15-17-18-29-32-36-39-43-47-51-55-59-65(70)64(63-69)68-66(71)60-56-52-48-44-40-37-33-30-27-25-23-21-19-20-22-24-26-28-31-34-38-42-46-50-54-58-62-73-67(72)61-57-53-49-45-41-35-16-14-12-10-8-6-4-2/h8,10,14,16,64-65,69-70H,3-7,9,11-13,15,17-63H2,1-2H3,(H,68,71)/b10-8-,16-14-. The minimum Gasteiger partial charge on any atom is -0.466 e. The normalized spacial score (nSPS) is 12.7. The SMILES string of the molecule is CCC/C=C\C/C=C\CCCCCCCC(=O)OCCCCCCCCCCCCCCCCCCCCCCCCCCCCC(=O)NC(CO)C(O)CCCCCCCCCCCCCCCCCCC. The van der Waals surface area contributed by atoms with Crippen molar-refractivity contribution in [1.82, 2.24) is 5.32 Å². The minimum atomic E-state index is -0.663. The van der Waals surface area contributed by atoms with E-state index >= 15 is 0 Å². The fraction of sp³-hybridized carbons (Fsp3) is 0.910. The smallest absolute Gasteiger partial charge is 0.305 e. The number of carbonyl (C=O) groups excluding carboxylic acids is 2. The van der Waals surface area contributed by atoms with Crippen molar-refractivity contribution in [2.45, 2.75) is 379 Å². The predicted octanol–water partition coefficient (Wildman–Crippen LogP) is 21.0. The summed E-state index contributed by atoms with van der Waals surface area (Å²) in [5.41, 5.74) is 0. The van der Waals surface area contributed by atoms with Gasteiger partial charge in [0.2, 0.25) is 5.91 Å². The summed E-state index contributed by atoms with van der Waals surface area (Å²) >= 11 is 0. The molecule has 2 unspecified atom stereocenters. The molecule has 6 nitrogen and oxygen atoms in total. The number of allylic oxidation sites excluding steroid dienone is 4. The van der Waals surface area contributed by atoms with Crippen molar-refractivity contribution >= 4 is 11.9 Å². The number of amides is 1. The zero-order chi connectivity index (χ0) is 52.9. The number of aliphatic hydroxyl groups is 2. The monoisotopic (exact) mass is 1030 g/mol. The molecule has 0 aromatic rings. The second kappa shape index (κ2) is 62.9. The Morgan fingerprint density at radius 2 is 0.712 bits per heavy atom. The third-order valence-electron chi connectivity index (χ3n) is 15.5. The van der Waals surface area contributed by atoms with E-state index in [4.69, 9.17) is 4.74 Å². The Bertz CT molecular complexity index is 1140. The second-order valence-electron chi connectivity index (χ2n) is 22.8.